The van der Waals surface area contributed by atoms with Crippen LogP contribution in [0.1, 0.15) is 24.1 Å². The average Bonchev–Trinajstić information content (AvgIpc) is 3.19. The van der Waals surface area contributed by atoms with Gasteiger partial charge in [-0.1, -0.05) is 42.5 Å². The van der Waals surface area contributed by atoms with Gasteiger partial charge in [-0.05, 0) is 30.5 Å². The molecule has 0 bridgehead atoms. The smallest absolute Gasteiger partial charge is 0.0956 e. The predicted molar refractivity (Wildman–Crippen MR) is 116 cm³/mol. The van der Waals surface area contributed by atoms with Crippen LogP contribution in [0.25, 0.3) is 11.3 Å². The van der Waals surface area contributed by atoms with Crippen LogP contribution in [0.4, 0.5) is 5.69 Å². The fourth-order valence-electron chi connectivity index (χ4n) is 4.47. The molecular weight excluding hydrogens is 360 g/mol. The molecule has 2 aromatic carbocycles. The van der Waals surface area contributed by atoms with Gasteiger partial charge in [0.15, 0.2) is 0 Å². The summed E-state index contributed by atoms with van der Waals surface area (Å²) in [6.07, 6.45) is 3.60. The Hall–Kier alpha value is -2.63. The van der Waals surface area contributed by atoms with Gasteiger partial charge in [0, 0.05) is 50.5 Å². The van der Waals surface area contributed by atoms with Gasteiger partial charge >= 0.3 is 0 Å². The van der Waals surface area contributed by atoms with Crippen molar-refractivity contribution in [2.24, 2.45) is 0 Å². The molecule has 1 saturated heterocycles. The summed E-state index contributed by atoms with van der Waals surface area (Å²) in [5.74, 6) is 0. The molecule has 5 heteroatoms. The topological polar surface area (TPSA) is 44.5 Å². The van der Waals surface area contributed by atoms with E-state index < -0.39 is 0 Å². The lowest BCUT2D eigenvalue weighted by Crippen LogP contribution is -2.35. The van der Waals surface area contributed by atoms with Crippen LogP contribution in [0, 0.1) is 0 Å². The van der Waals surface area contributed by atoms with Gasteiger partial charge in [0.25, 0.3) is 0 Å². The van der Waals surface area contributed by atoms with Gasteiger partial charge in [0.1, 0.15) is 0 Å². The highest BCUT2D eigenvalue weighted by Crippen LogP contribution is 2.27. The van der Waals surface area contributed by atoms with Crippen molar-refractivity contribution in [1.29, 1.82) is 0 Å². The van der Waals surface area contributed by atoms with Gasteiger partial charge in [-0.2, -0.15) is 0 Å². The lowest BCUT2D eigenvalue weighted by Gasteiger charge is -2.32. The van der Waals surface area contributed by atoms with E-state index in [4.69, 9.17) is 4.98 Å². The number of benzene rings is 2. The van der Waals surface area contributed by atoms with Gasteiger partial charge in [-0.3, -0.25) is 4.90 Å². The van der Waals surface area contributed by atoms with Crippen molar-refractivity contribution in [2.75, 3.05) is 24.5 Å². The van der Waals surface area contributed by atoms with E-state index in [1.165, 1.54) is 22.5 Å². The number of hydrogen-bond acceptors (Lipinski definition) is 4. The van der Waals surface area contributed by atoms with Gasteiger partial charge in [-0.25, -0.2) is 4.98 Å². The Balaban J connectivity index is 1.26. The SMILES string of the molecule is OC1CCN(c2ccc(CN3CCn4cnc(-c5ccccc5)c4C3)cc2)CC1. The first-order valence-electron chi connectivity index (χ1n) is 10.6. The highest BCUT2D eigenvalue weighted by atomic mass is 16.3. The van der Waals surface area contributed by atoms with Crippen LogP contribution in [0.3, 0.4) is 0 Å². The molecule has 1 N–H and O–H groups in total. The molecule has 0 aliphatic carbocycles. The van der Waals surface area contributed by atoms with Crippen LogP contribution < -0.4 is 4.90 Å². The van der Waals surface area contributed by atoms with E-state index in [2.05, 4.69) is 62.9 Å². The van der Waals surface area contributed by atoms with Crippen molar-refractivity contribution in [1.82, 2.24) is 14.5 Å². The number of fused-ring (bicyclic) bond motifs is 1. The van der Waals surface area contributed by atoms with E-state index in [9.17, 15) is 5.11 Å². The van der Waals surface area contributed by atoms with Crippen molar-refractivity contribution in [3.63, 3.8) is 0 Å². The number of anilines is 1. The molecule has 1 fully saturated rings. The van der Waals surface area contributed by atoms with Gasteiger partial charge in [-0.15, -0.1) is 0 Å². The maximum Gasteiger partial charge on any atom is 0.0956 e. The summed E-state index contributed by atoms with van der Waals surface area (Å²) < 4.78 is 2.30. The summed E-state index contributed by atoms with van der Waals surface area (Å²) in [6.45, 7) is 5.80. The summed E-state index contributed by atoms with van der Waals surface area (Å²) in [4.78, 5) is 9.58. The quantitative estimate of drug-likeness (QED) is 0.743. The first-order valence-corrected chi connectivity index (χ1v) is 10.6. The summed E-state index contributed by atoms with van der Waals surface area (Å²) in [5.41, 5.74) is 6.23. The maximum atomic E-state index is 9.71. The molecule has 150 valence electrons. The van der Waals surface area contributed by atoms with Crippen molar-refractivity contribution in [3.05, 3.63) is 72.2 Å². The Labute approximate surface area is 172 Å². The predicted octanol–water partition coefficient (Wildman–Crippen LogP) is 3.53. The molecule has 5 nitrogen and oxygen atoms in total. The summed E-state index contributed by atoms with van der Waals surface area (Å²) in [7, 11) is 0. The fraction of sp³-hybridized carbons (Fsp3) is 0.375. The number of imidazole rings is 1. The van der Waals surface area contributed by atoms with E-state index in [1.54, 1.807) is 0 Å². The third kappa shape index (κ3) is 3.93. The zero-order chi connectivity index (χ0) is 19.6. The number of aliphatic hydroxyl groups is 1. The number of aliphatic hydroxyl groups excluding tert-OH is 1. The molecule has 2 aliphatic rings. The first-order chi connectivity index (χ1) is 14.3. The second kappa shape index (κ2) is 8.01. The number of aromatic nitrogens is 2. The highest BCUT2D eigenvalue weighted by molar-refractivity contribution is 5.62. The molecular formula is C24H28N4O. The molecule has 29 heavy (non-hydrogen) atoms. The number of rotatable bonds is 4. The second-order valence-electron chi connectivity index (χ2n) is 8.19. The minimum absolute atomic E-state index is 0.126. The van der Waals surface area contributed by atoms with E-state index in [1.807, 2.05) is 12.4 Å². The minimum atomic E-state index is -0.126. The van der Waals surface area contributed by atoms with E-state index >= 15 is 0 Å². The van der Waals surface area contributed by atoms with E-state index in [-0.39, 0.29) is 6.10 Å². The lowest BCUT2D eigenvalue weighted by molar-refractivity contribution is 0.145. The molecule has 3 heterocycles. The Kier molecular flexibility index (Phi) is 5.08. The summed E-state index contributed by atoms with van der Waals surface area (Å²) in [5, 5.41) is 9.71. The third-order valence-electron chi connectivity index (χ3n) is 6.20. The molecule has 3 aromatic rings. The Morgan fingerprint density at radius 3 is 2.41 bits per heavy atom. The molecule has 5 rings (SSSR count). The molecule has 0 unspecified atom stereocenters. The van der Waals surface area contributed by atoms with Crippen LogP contribution in [0.15, 0.2) is 60.9 Å². The Morgan fingerprint density at radius 1 is 0.897 bits per heavy atom. The Bertz CT molecular complexity index is 943. The number of hydrogen-bond donors (Lipinski definition) is 1. The monoisotopic (exact) mass is 388 g/mol. The van der Waals surface area contributed by atoms with Crippen LogP contribution in [-0.4, -0.2) is 45.3 Å². The zero-order valence-corrected chi connectivity index (χ0v) is 16.7. The Morgan fingerprint density at radius 2 is 1.66 bits per heavy atom. The van der Waals surface area contributed by atoms with Crippen molar-refractivity contribution in [3.8, 4) is 11.3 Å². The van der Waals surface area contributed by atoms with Crippen LogP contribution in [0.2, 0.25) is 0 Å². The van der Waals surface area contributed by atoms with Gasteiger partial charge in [0.05, 0.1) is 23.8 Å². The van der Waals surface area contributed by atoms with E-state index in [0.29, 0.717) is 0 Å². The summed E-state index contributed by atoms with van der Waals surface area (Å²) in [6, 6.07) is 19.5. The molecule has 2 aliphatic heterocycles. The lowest BCUT2D eigenvalue weighted by atomic mass is 10.1. The molecule has 0 spiro atoms. The second-order valence-corrected chi connectivity index (χ2v) is 8.19. The van der Waals surface area contributed by atoms with Crippen LogP contribution in [0.5, 0.6) is 0 Å². The van der Waals surface area contributed by atoms with E-state index in [0.717, 1.165) is 57.8 Å². The first kappa shape index (κ1) is 18.4. The van der Waals surface area contributed by atoms with Crippen LogP contribution >= 0.6 is 0 Å². The fourth-order valence-corrected chi connectivity index (χ4v) is 4.47. The largest absolute Gasteiger partial charge is 0.393 e. The molecule has 0 radical (unpaired) electrons. The van der Waals surface area contributed by atoms with Crippen molar-refractivity contribution < 1.29 is 5.11 Å². The molecule has 0 saturated carbocycles. The third-order valence-corrected chi connectivity index (χ3v) is 6.20. The van der Waals surface area contributed by atoms with Gasteiger partial charge in [0.2, 0.25) is 0 Å². The summed E-state index contributed by atoms with van der Waals surface area (Å²) >= 11 is 0. The van der Waals surface area contributed by atoms with Gasteiger partial charge < -0.3 is 14.6 Å². The minimum Gasteiger partial charge on any atom is -0.393 e. The molecule has 1 aromatic heterocycles. The highest BCUT2D eigenvalue weighted by Gasteiger charge is 2.21. The maximum absolute atomic E-state index is 9.71. The van der Waals surface area contributed by atoms with Crippen molar-refractivity contribution >= 4 is 5.69 Å². The van der Waals surface area contributed by atoms with Crippen molar-refractivity contribution in [2.45, 2.75) is 38.6 Å². The normalized spacial score (nSPS) is 18.0. The number of nitrogens with zero attached hydrogens (tertiary/aromatic N) is 4. The number of piperidine rings is 1. The zero-order valence-electron chi connectivity index (χ0n) is 16.7. The molecule has 0 atom stereocenters. The average molecular weight is 389 g/mol. The van der Waals surface area contributed by atoms with Crippen LogP contribution in [-0.2, 0) is 19.6 Å². The molecule has 0 amide bonds. The standard InChI is InChI=1S/C24H28N4O/c29-22-10-12-27(13-11-22)21-8-6-19(7-9-21)16-26-14-15-28-18-25-24(23(28)17-26)20-4-2-1-3-5-20/h1-9,18,22,29H,10-17H2.